The number of hydrogen-bond donors (Lipinski definition) is 1. The number of anilines is 1. The number of aliphatic hydroxyl groups excluding tert-OH is 1. The van der Waals surface area contributed by atoms with Crippen LogP contribution < -0.4 is 9.64 Å². The van der Waals surface area contributed by atoms with Crippen molar-refractivity contribution in [3.05, 3.63) is 28.3 Å². The van der Waals surface area contributed by atoms with Crippen molar-refractivity contribution in [2.45, 2.75) is 33.0 Å². The van der Waals surface area contributed by atoms with E-state index < -0.39 is 11.0 Å². The Morgan fingerprint density at radius 1 is 1.42 bits per heavy atom. The van der Waals surface area contributed by atoms with E-state index in [2.05, 4.69) is 0 Å². The van der Waals surface area contributed by atoms with Crippen LogP contribution in [0.1, 0.15) is 20.8 Å². The van der Waals surface area contributed by atoms with Crippen molar-refractivity contribution in [3.63, 3.8) is 0 Å². The Morgan fingerprint density at radius 2 is 2.05 bits per heavy atom. The molecule has 1 aromatic rings. The smallest absolute Gasteiger partial charge is 0.311 e. The highest BCUT2D eigenvalue weighted by Gasteiger charge is 2.18. The number of nitro groups is 1. The molecule has 1 aromatic carbocycles. The largest absolute Gasteiger partial charge is 0.484 e. The van der Waals surface area contributed by atoms with Crippen LogP contribution in [0.4, 0.5) is 11.4 Å². The van der Waals surface area contributed by atoms with E-state index in [1.165, 1.54) is 6.07 Å². The number of hydrogen-bond acceptors (Lipinski definition) is 5. The molecule has 0 amide bonds. The molecule has 0 aliphatic rings. The van der Waals surface area contributed by atoms with Gasteiger partial charge >= 0.3 is 5.69 Å². The maximum Gasteiger partial charge on any atom is 0.311 e. The molecule has 0 bridgehead atoms. The van der Waals surface area contributed by atoms with Gasteiger partial charge in [-0.2, -0.15) is 0 Å². The summed E-state index contributed by atoms with van der Waals surface area (Å²) in [5.41, 5.74) is 0.713. The van der Waals surface area contributed by atoms with Crippen LogP contribution in [0.3, 0.4) is 0 Å². The zero-order chi connectivity index (χ0) is 14.6. The highest BCUT2D eigenvalue weighted by molar-refractivity contribution is 5.59. The molecule has 1 N–H and O–H groups in total. The molecule has 0 fully saturated rings. The van der Waals surface area contributed by atoms with Gasteiger partial charge in [0.1, 0.15) is 0 Å². The fourth-order valence-corrected chi connectivity index (χ4v) is 1.74. The number of benzene rings is 1. The van der Waals surface area contributed by atoms with E-state index in [0.29, 0.717) is 6.54 Å². The average Bonchev–Trinajstić information content (AvgIpc) is 2.26. The second-order valence-electron chi connectivity index (χ2n) is 4.81. The zero-order valence-corrected chi connectivity index (χ0v) is 11.7. The summed E-state index contributed by atoms with van der Waals surface area (Å²) >= 11 is 0. The first kappa shape index (κ1) is 15.2. The van der Waals surface area contributed by atoms with Gasteiger partial charge in [-0.1, -0.05) is 0 Å². The van der Waals surface area contributed by atoms with Crippen LogP contribution in [0.25, 0.3) is 0 Å². The molecule has 0 saturated heterocycles. The predicted molar refractivity (Wildman–Crippen MR) is 73.8 cm³/mol. The normalized spacial score (nSPS) is 12.3. The predicted octanol–water partition coefficient (Wildman–Crippen LogP) is 2.20. The third-order valence-corrected chi connectivity index (χ3v) is 2.48. The second-order valence-corrected chi connectivity index (χ2v) is 4.81. The van der Waals surface area contributed by atoms with Gasteiger partial charge in [0.05, 0.1) is 17.1 Å². The Bertz CT molecular complexity index is 446. The summed E-state index contributed by atoms with van der Waals surface area (Å²) in [6.07, 6.45) is -0.620. The molecule has 1 atom stereocenters. The van der Waals surface area contributed by atoms with Crippen LogP contribution in [0.15, 0.2) is 18.2 Å². The Hall–Kier alpha value is -1.82. The van der Waals surface area contributed by atoms with Crippen molar-refractivity contribution in [2.24, 2.45) is 0 Å². The molecule has 0 aromatic heterocycles. The van der Waals surface area contributed by atoms with E-state index in [0.717, 1.165) is 5.69 Å². The monoisotopic (exact) mass is 268 g/mol. The number of nitrogens with zero attached hydrogens (tertiary/aromatic N) is 2. The van der Waals surface area contributed by atoms with Crippen LogP contribution in [0, 0.1) is 10.1 Å². The van der Waals surface area contributed by atoms with Crippen LogP contribution >= 0.6 is 0 Å². The molecule has 0 radical (unpaired) electrons. The van der Waals surface area contributed by atoms with Gasteiger partial charge in [0.2, 0.25) is 0 Å². The molecule has 1 rings (SSSR count). The molecular formula is C13H20N2O4. The van der Waals surface area contributed by atoms with Gasteiger partial charge in [-0.25, -0.2) is 0 Å². The molecule has 0 aliphatic carbocycles. The minimum Gasteiger partial charge on any atom is -0.484 e. The maximum atomic E-state index is 10.9. The first-order valence-electron chi connectivity index (χ1n) is 6.15. The zero-order valence-electron chi connectivity index (χ0n) is 11.7. The van der Waals surface area contributed by atoms with E-state index in [1.54, 1.807) is 19.1 Å². The van der Waals surface area contributed by atoms with Gasteiger partial charge in [-0.05, 0) is 26.8 Å². The van der Waals surface area contributed by atoms with Crippen molar-refractivity contribution in [1.29, 1.82) is 0 Å². The lowest BCUT2D eigenvalue weighted by atomic mass is 10.2. The lowest BCUT2D eigenvalue weighted by Crippen LogP contribution is -2.26. The van der Waals surface area contributed by atoms with Crippen LogP contribution in [-0.4, -0.2) is 35.8 Å². The Labute approximate surface area is 112 Å². The third kappa shape index (κ3) is 4.40. The lowest BCUT2D eigenvalue weighted by molar-refractivity contribution is -0.386. The van der Waals surface area contributed by atoms with Gasteiger partial charge in [0.15, 0.2) is 5.75 Å². The molecule has 0 aliphatic heterocycles. The number of nitro benzene ring substituents is 1. The minimum atomic E-state index is -0.477. The van der Waals surface area contributed by atoms with Crippen molar-refractivity contribution >= 4 is 11.4 Å². The first-order valence-corrected chi connectivity index (χ1v) is 6.15. The maximum absolute atomic E-state index is 10.9. The fourth-order valence-electron chi connectivity index (χ4n) is 1.74. The van der Waals surface area contributed by atoms with Gasteiger partial charge in [0.25, 0.3) is 0 Å². The van der Waals surface area contributed by atoms with Gasteiger partial charge in [-0.15, -0.1) is 0 Å². The van der Waals surface area contributed by atoms with Gasteiger partial charge in [0, 0.05) is 31.4 Å². The number of rotatable bonds is 6. The summed E-state index contributed by atoms with van der Waals surface area (Å²) in [5.74, 6) is 0.245. The van der Waals surface area contributed by atoms with E-state index in [4.69, 9.17) is 4.74 Å². The standard InChI is InChI=1S/C13H20N2O4/c1-9(2)19-13-7-11(14(4)8-10(3)16)5-6-12(13)15(17)18/h5-7,9-10,16H,8H2,1-4H3. The molecule has 1 unspecified atom stereocenters. The molecule has 0 saturated carbocycles. The molecular weight excluding hydrogens is 248 g/mol. The molecule has 0 spiro atoms. The third-order valence-electron chi connectivity index (χ3n) is 2.48. The minimum absolute atomic E-state index is 0.0529. The topological polar surface area (TPSA) is 75.8 Å². The SMILES string of the molecule is CC(O)CN(C)c1ccc([N+](=O)[O-])c(OC(C)C)c1. The summed E-state index contributed by atoms with van der Waals surface area (Å²) < 4.78 is 5.47. The van der Waals surface area contributed by atoms with Gasteiger partial charge in [-0.3, -0.25) is 10.1 Å². The number of ether oxygens (including phenoxy) is 1. The van der Waals surface area contributed by atoms with Crippen molar-refractivity contribution in [2.75, 3.05) is 18.5 Å². The summed E-state index contributed by atoms with van der Waals surface area (Å²) in [6, 6.07) is 4.69. The van der Waals surface area contributed by atoms with Gasteiger partial charge < -0.3 is 14.7 Å². The second kappa shape index (κ2) is 6.38. The Balaban J connectivity index is 3.06. The average molecular weight is 268 g/mol. The molecule has 6 nitrogen and oxygen atoms in total. The van der Waals surface area contributed by atoms with Crippen LogP contribution in [-0.2, 0) is 0 Å². The Morgan fingerprint density at radius 3 is 2.53 bits per heavy atom. The summed E-state index contributed by atoms with van der Waals surface area (Å²) in [6.45, 7) is 5.76. The van der Waals surface area contributed by atoms with E-state index >= 15 is 0 Å². The first-order chi connectivity index (χ1) is 8.81. The van der Waals surface area contributed by atoms with Crippen molar-refractivity contribution in [3.8, 4) is 5.75 Å². The summed E-state index contributed by atoms with van der Waals surface area (Å²) in [5, 5.41) is 20.3. The Kier molecular flexibility index (Phi) is 5.11. The highest BCUT2D eigenvalue weighted by atomic mass is 16.6. The van der Waals surface area contributed by atoms with E-state index in [1.807, 2.05) is 25.8 Å². The summed E-state index contributed by atoms with van der Waals surface area (Å²) in [7, 11) is 1.81. The quantitative estimate of drug-likeness (QED) is 0.632. The van der Waals surface area contributed by atoms with Crippen molar-refractivity contribution in [1.82, 2.24) is 0 Å². The van der Waals surface area contributed by atoms with E-state index in [-0.39, 0.29) is 17.5 Å². The van der Waals surface area contributed by atoms with Crippen LogP contribution in [0.5, 0.6) is 5.75 Å². The lowest BCUT2D eigenvalue weighted by Gasteiger charge is -2.21. The summed E-state index contributed by atoms with van der Waals surface area (Å²) in [4.78, 5) is 12.3. The molecule has 6 heteroatoms. The number of aliphatic hydroxyl groups is 1. The fraction of sp³-hybridized carbons (Fsp3) is 0.538. The molecule has 19 heavy (non-hydrogen) atoms. The van der Waals surface area contributed by atoms with Crippen molar-refractivity contribution < 1.29 is 14.8 Å². The number of likely N-dealkylation sites (N-methyl/N-ethyl adjacent to an activating group) is 1. The van der Waals surface area contributed by atoms with E-state index in [9.17, 15) is 15.2 Å². The molecule has 106 valence electrons. The van der Waals surface area contributed by atoms with Crippen LogP contribution in [0.2, 0.25) is 0 Å². The highest BCUT2D eigenvalue weighted by Crippen LogP contribution is 2.32. The molecule has 0 heterocycles.